The maximum Gasteiger partial charge on any atom is 0.332 e. The van der Waals surface area contributed by atoms with Gasteiger partial charge in [0.05, 0.1) is 5.39 Å². The summed E-state index contributed by atoms with van der Waals surface area (Å²) < 4.78 is 2.34. The smallest absolute Gasteiger partial charge is 0.332 e. The summed E-state index contributed by atoms with van der Waals surface area (Å²) in [6.45, 7) is 4.74. The van der Waals surface area contributed by atoms with E-state index in [0.717, 1.165) is 24.0 Å². The number of carbonyl (C=O) groups is 1. The van der Waals surface area contributed by atoms with Crippen LogP contribution in [0.3, 0.4) is 0 Å². The van der Waals surface area contributed by atoms with Crippen molar-refractivity contribution in [3.63, 3.8) is 0 Å². The fourth-order valence-corrected chi connectivity index (χ4v) is 3.33. The van der Waals surface area contributed by atoms with Gasteiger partial charge >= 0.3 is 5.69 Å². The van der Waals surface area contributed by atoms with Gasteiger partial charge < -0.3 is 10.6 Å². The zero-order chi connectivity index (χ0) is 18.3. The second-order valence-corrected chi connectivity index (χ2v) is 6.69. The number of rotatable bonds is 2. The molecule has 2 atom stereocenters. The van der Waals surface area contributed by atoms with Crippen LogP contribution in [-0.4, -0.2) is 38.7 Å². The van der Waals surface area contributed by atoms with E-state index in [1.807, 2.05) is 6.92 Å². The van der Waals surface area contributed by atoms with Gasteiger partial charge in [-0.1, -0.05) is 0 Å². The van der Waals surface area contributed by atoms with E-state index in [2.05, 4.69) is 15.6 Å². The van der Waals surface area contributed by atoms with Crippen LogP contribution >= 0.6 is 0 Å². The number of hydrogen-bond acceptors (Lipinski definition) is 5. The Morgan fingerprint density at radius 1 is 1.32 bits per heavy atom. The van der Waals surface area contributed by atoms with Crippen molar-refractivity contribution in [3.8, 4) is 0 Å². The standard InChI is InChI=1S/C17H23N5O3/c1-9-8-12(15(23)20-11-6-5-7-18-10(11)2)19-14-13(9)16(24)22(4)17(25)21(14)3/h8,10-11,18H,5-7H2,1-4H3,(H,20,23). The van der Waals surface area contributed by atoms with Crippen molar-refractivity contribution in [3.05, 3.63) is 38.2 Å². The third-order valence-corrected chi connectivity index (χ3v) is 4.92. The van der Waals surface area contributed by atoms with Crippen molar-refractivity contribution < 1.29 is 4.79 Å². The minimum absolute atomic E-state index is 0.0338. The molecular weight excluding hydrogens is 322 g/mol. The number of piperidine rings is 1. The molecule has 1 aliphatic rings. The molecule has 8 nitrogen and oxygen atoms in total. The van der Waals surface area contributed by atoms with E-state index in [9.17, 15) is 14.4 Å². The van der Waals surface area contributed by atoms with Crippen LogP contribution < -0.4 is 21.9 Å². The van der Waals surface area contributed by atoms with Crippen LogP contribution in [0.4, 0.5) is 0 Å². The maximum absolute atomic E-state index is 12.6. The number of pyridine rings is 1. The highest BCUT2D eigenvalue weighted by Gasteiger charge is 2.24. The summed E-state index contributed by atoms with van der Waals surface area (Å²) in [5, 5.41) is 6.69. The molecule has 8 heteroatoms. The molecule has 2 N–H and O–H groups in total. The third-order valence-electron chi connectivity index (χ3n) is 4.92. The molecule has 0 bridgehead atoms. The van der Waals surface area contributed by atoms with Crippen LogP contribution in [0.5, 0.6) is 0 Å². The molecule has 2 aromatic heterocycles. The van der Waals surface area contributed by atoms with Gasteiger partial charge in [-0.3, -0.25) is 18.7 Å². The number of nitrogens with zero attached hydrogens (tertiary/aromatic N) is 3. The van der Waals surface area contributed by atoms with Gasteiger partial charge in [0.15, 0.2) is 0 Å². The highest BCUT2D eigenvalue weighted by Crippen LogP contribution is 2.14. The normalized spacial score (nSPS) is 20.6. The lowest BCUT2D eigenvalue weighted by Crippen LogP contribution is -2.52. The summed E-state index contributed by atoms with van der Waals surface area (Å²) in [7, 11) is 2.98. The topological polar surface area (TPSA) is 98.0 Å². The molecule has 0 saturated carbocycles. The number of nitrogens with one attached hydrogen (secondary N) is 2. The fraction of sp³-hybridized carbons (Fsp3) is 0.529. The van der Waals surface area contributed by atoms with E-state index >= 15 is 0 Å². The number of amides is 1. The molecule has 1 aliphatic heterocycles. The molecule has 0 radical (unpaired) electrons. The fourth-order valence-electron chi connectivity index (χ4n) is 3.33. The summed E-state index contributed by atoms with van der Waals surface area (Å²) in [5.74, 6) is -0.293. The van der Waals surface area contributed by atoms with Crippen molar-refractivity contribution in [2.24, 2.45) is 14.1 Å². The Kier molecular flexibility index (Phi) is 4.47. The number of hydrogen-bond donors (Lipinski definition) is 2. The average Bonchev–Trinajstić information content (AvgIpc) is 2.59. The first-order chi connectivity index (χ1) is 11.8. The number of carbonyl (C=O) groups excluding carboxylic acids is 1. The van der Waals surface area contributed by atoms with E-state index in [1.165, 1.54) is 11.6 Å². The third kappa shape index (κ3) is 2.97. The molecule has 1 saturated heterocycles. The Morgan fingerprint density at radius 2 is 2.04 bits per heavy atom. The van der Waals surface area contributed by atoms with Crippen LogP contribution in [0.1, 0.15) is 35.8 Å². The lowest BCUT2D eigenvalue weighted by Gasteiger charge is -2.30. The van der Waals surface area contributed by atoms with Gasteiger partial charge in [0.1, 0.15) is 11.3 Å². The highest BCUT2D eigenvalue weighted by molar-refractivity contribution is 5.95. The molecule has 2 aromatic rings. The van der Waals surface area contributed by atoms with E-state index < -0.39 is 11.2 Å². The van der Waals surface area contributed by atoms with Crippen LogP contribution in [0.15, 0.2) is 15.7 Å². The van der Waals surface area contributed by atoms with Gasteiger partial charge in [0, 0.05) is 26.2 Å². The Balaban J connectivity index is 2.05. The molecule has 0 aliphatic carbocycles. The predicted molar refractivity (Wildman–Crippen MR) is 94.9 cm³/mol. The Morgan fingerprint density at radius 3 is 2.72 bits per heavy atom. The minimum atomic E-state index is -0.466. The van der Waals surface area contributed by atoms with Crippen molar-refractivity contribution in [1.29, 1.82) is 0 Å². The molecule has 25 heavy (non-hydrogen) atoms. The molecule has 1 amide bonds. The van der Waals surface area contributed by atoms with Gasteiger partial charge in [-0.05, 0) is 44.9 Å². The number of aromatic nitrogens is 3. The summed E-state index contributed by atoms with van der Waals surface area (Å²) in [5.41, 5.74) is 0.201. The Bertz CT molecular complexity index is 959. The monoisotopic (exact) mass is 345 g/mol. The van der Waals surface area contributed by atoms with E-state index in [4.69, 9.17) is 0 Å². The quantitative estimate of drug-likeness (QED) is 0.786. The first kappa shape index (κ1) is 17.3. The van der Waals surface area contributed by atoms with E-state index in [0.29, 0.717) is 10.9 Å². The minimum Gasteiger partial charge on any atom is -0.346 e. The molecule has 0 aromatic carbocycles. The molecule has 1 fully saturated rings. The van der Waals surface area contributed by atoms with E-state index in [-0.39, 0.29) is 29.3 Å². The molecule has 3 rings (SSSR count). The molecule has 134 valence electrons. The van der Waals surface area contributed by atoms with E-state index in [1.54, 1.807) is 20.0 Å². The highest BCUT2D eigenvalue weighted by atomic mass is 16.2. The van der Waals surface area contributed by atoms with Crippen LogP contribution in [0, 0.1) is 6.92 Å². The van der Waals surface area contributed by atoms with Crippen molar-refractivity contribution in [1.82, 2.24) is 24.8 Å². The SMILES string of the molecule is Cc1cc(C(=O)NC2CCCNC2C)nc2c1c(=O)n(C)c(=O)n2C. The largest absolute Gasteiger partial charge is 0.346 e. The number of fused-ring (bicyclic) bond motifs is 1. The average molecular weight is 345 g/mol. The predicted octanol–water partition coefficient (Wildman–Crippen LogP) is -0.189. The van der Waals surface area contributed by atoms with Crippen LogP contribution in [0.25, 0.3) is 11.0 Å². The van der Waals surface area contributed by atoms with Gasteiger partial charge in [0.25, 0.3) is 11.5 Å². The molecule has 3 heterocycles. The lowest BCUT2D eigenvalue weighted by atomic mass is 9.99. The second kappa shape index (κ2) is 6.44. The lowest BCUT2D eigenvalue weighted by molar-refractivity contribution is 0.0915. The van der Waals surface area contributed by atoms with Gasteiger partial charge in [0.2, 0.25) is 0 Å². The first-order valence-corrected chi connectivity index (χ1v) is 8.43. The maximum atomic E-state index is 12.6. The Hall–Kier alpha value is -2.48. The summed E-state index contributed by atoms with van der Waals surface area (Å²) in [6.07, 6.45) is 1.91. The van der Waals surface area contributed by atoms with Crippen LogP contribution in [0.2, 0.25) is 0 Å². The summed E-state index contributed by atoms with van der Waals surface area (Å²) in [4.78, 5) is 41.4. The summed E-state index contributed by atoms with van der Waals surface area (Å²) >= 11 is 0. The van der Waals surface area contributed by atoms with Crippen molar-refractivity contribution in [2.45, 2.75) is 38.8 Å². The molecule has 0 spiro atoms. The Labute approximate surface area is 144 Å². The van der Waals surface area contributed by atoms with Crippen molar-refractivity contribution >= 4 is 16.9 Å². The zero-order valence-electron chi connectivity index (χ0n) is 14.9. The van der Waals surface area contributed by atoms with Gasteiger partial charge in [-0.25, -0.2) is 9.78 Å². The van der Waals surface area contributed by atoms with Gasteiger partial charge in [-0.15, -0.1) is 0 Å². The first-order valence-electron chi connectivity index (χ1n) is 8.43. The molecular formula is C17H23N5O3. The van der Waals surface area contributed by atoms with Crippen molar-refractivity contribution in [2.75, 3.05) is 6.54 Å². The second-order valence-electron chi connectivity index (χ2n) is 6.69. The van der Waals surface area contributed by atoms with Gasteiger partial charge in [-0.2, -0.15) is 0 Å². The van der Waals surface area contributed by atoms with Crippen LogP contribution in [-0.2, 0) is 14.1 Å². The number of aryl methyl sites for hydroxylation is 2. The molecule has 2 unspecified atom stereocenters. The summed E-state index contributed by atoms with van der Waals surface area (Å²) in [6, 6.07) is 1.83. The zero-order valence-corrected chi connectivity index (χ0v) is 14.9.